The highest BCUT2D eigenvalue weighted by Crippen LogP contribution is 2.27. The van der Waals surface area contributed by atoms with Crippen molar-refractivity contribution in [2.24, 2.45) is 0 Å². The van der Waals surface area contributed by atoms with Gasteiger partial charge in [-0.2, -0.15) is 0 Å². The molecule has 1 atom stereocenters. The Balaban J connectivity index is 1.44. The number of carbonyl (C=O) groups is 1. The summed E-state index contributed by atoms with van der Waals surface area (Å²) in [5.41, 5.74) is 2.85. The topological polar surface area (TPSA) is 58.1 Å². The fraction of sp³-hybridized carbons (Fsp3) is 0.500. The van der Waals surface area contributed by atoms with Crippen molar-refractivity contribution in [1.29, 1.82) is 0 Å². The van der Waals surface area contributed by atoms with Gasteiger partial charge in [0, 0.05) is 41.7 Å². The second-order valence-corrected chi connectivity index (χ2v) is 8.87. The van der Waals surface area contributed by atoms with Gasteiger partial charge in [-0.05, 0) is 63.6 Å². The molecule has 148 valence electrons. The number of aromatic nitrogens is 2. The van der Waals surface area contributed by atoms with E-state index >= 15 is 0 Å². The number of hydrogen-bond acceptors (Lipinski definition) is 5. The molecule has 1 aliphatic heterocycles. The van der Waals surface area contributed by atoms with Gasteiger partial charge in [-0.1, -0.05) is 23.9 Å². The molecule has 2 aromatic rings. The quantitative estimate of drug-likeness (QED) is 0.581. The average Bonchev–Trinajstić information content (AvgIpc) is 3.50. The number of hydrogen-bond donors (Lipinski definition) is 1. The lowest BCUT2D eigenvalue weighted by Gasteiger charge is -2.34. The Labute approximate surface area is 171 Å². The highest BCUT2D eigenvalue weighted by Gasteiger charge is 2.24. The van der Waals surface area contributed by atoms with E-state index in [1.165, 1.54) is 19.3 Å². The molecule has 0 unspecified atom stereocenters. The molecule has 1 aliphatic carbocycles. The molecule has 1 saturated heterocycles. The van der Waals surface area contributed by atoms with Gasteiger partial charge in [-0.15, -0.1) is 0 Å². The smallest absolute Gasteiger partial charge is 0.251 e. The van der Waals surface area contributed by atoms with Gasteiger partial charge in [0.05, 0.1) is 0 Å². The van der Waals surface area contributed by atoms with Crippen LogP contribution in [0, 0.1) is 6.92 Å². The summed E-state index contributed by atoms with van der Waals surface area (Å²) >= 11 is 1.63. The zero-order valence-corrected chi connectivity index (χ0v) is 17.5. The summed E-state index contributed by atoms with van der Waals surface area (Å²) in [4.78, 5) is 24.1. The largest absolute Gasteiger partial charge is 0.354 e. The highest BCUT2D eigenvalue weighted by atomic mass is 32.2. The highest BCUT2D eigenvalue weighted by molar-refractivity contribution is 7.98. The summed E-state index contributed by atoms with van der Waals surface area (Å²) < 4.78 is 0. The summed E-state index contributed by atoms with van der Waals surface area (Å²) in [7, 11) is 0. The van der Waals surface area contributed by atoms with Crippen molar-refractivity contribution < 1.29 is 4.79 Å². The summed E-state index contributed by atoms with van der Waals surface area (Å²) in [6.07, 6.45) is 5.95. The summed E-state index contributed by atoms with van der Waals surface area (Å²) in [5.74, 6) is 1.82. The Morgan fingerprint density at radius 1 is 1.21 bits per heavy atom. The maximum absolute atomic E-state index is 12.3. The fourth-order valence-corrected chi connectivity index (χ4v) is 4.46. The maximum atomic E-state index is 12.3. The van der Waals surface area contributed by atoms with E-state index in [1.807, 2.05) is 25.1 Å². The monoisotopic (exact) mass is 396 g/mol. The lowest BCUT2D eigenvalue weighted by molar-refractivity contribution is 0.0951. The van der Waals surface area contributed by atoms with Crippen LogP contribution in [0.4, 0.5) is 5.82 Å². The first-order valence-electron chi connectivity index (χ1n) is 10.2. The number of piperidine rings is 1. The van der Waals surface area contributed by atoms with Crippen LogP contribution in [0.15, 0.2) is 35.5 Å². The molecule has 2 fully saturated rings. The third-order valence-electron chi connectivity index (χ3n) is 5.39. The average molecular weight is 397 g/mol. The van der Waals surface area contributed by atoms with E-state index in [2.05, 4.69) is 34.3 Å². The molecule has 0 spiro atoms. The predicted octanol–water partition coefficient (Wildman–Crippen LogP) is 4.35. The molecule has 2 heterocycles. The zero-order valence-electron chi connectivity index (χ0n) is 16.6. The third-order valence-corrected chi connectivity index (χ3v) is 6.31. The first-order valence-corrected chi connectivity index (χ1v) is 11.2. The van der Waals surface area contributed by atoms with Crippen molar-refractivity contribution in [3.63, 3.8) is 0 Å². The Bertz CT molecular complexity index is 852. The molecule has 0 bridgehead atoms. The molecule has 1 aromatic carbocycles. The van der Waals surface area contributed by atoms with Crippen LogP contribution in [-0.2, 0) is 5.75 Å². The van der Waals surface area contributed by atoms with E-state index in [0.29, 0.717) is 12.1 Å². The first-order chi connectivity index (χ1) is 13.6. The minimum atomic E-state index is 0.0301. The van der Waals surface area contributed by atoms with Gasteiger partial charge in [0.15, 0.2) is 5.16 Å². The first kappa shape index (κ1) is 19.2. The Hall–Kier alpha value is -2.08. The number of anilines is 1. The van der Waals surface area contributed by atoms with E-state index in [1.54, 1.807) is 11.8 Å². The Morgan fingerprint density at radius 3 is 2.86 bits per heavy atom. The number of benzene rings is 1. The normalized spacial score (nSPS) is 19.5. The van der Waals surface area contributed by atoms with Gasteiger partial charge in [0.25, 0.3) is 5.91 Å². The number of rotatable bonds is 6. The molecule has 6 heteroatoms. The van der Waals surface area contributed by atoms with Crippen molar-refractivity contribution >= 4 is 23.5 Å². The minimum absolute atomic E-state index is 0.0301. The number of nitrogens with zero attached hydrogens (tertiary/aromatic N) is 3. The third kappa shape index (κ3) is 4.85. The van der Waals surface area contributed by atoms with Gasteiger partial charge in [-0.3, -0.25) is 4.79 Å². The lowest BCUT2D eigenvalue weighted by atomic mass is 10.0. The summed E-state index contributed by atoms with van der Waals surface area (Å²) in [5, 5.41) is 3.86. The summed E-state index contributed by atoms with van der Waals surface area (Å²) in [6, 6.07) is 10.9. The zero-order chi connectivity index (χ0) is 19.5. The molecule has 5 nitrogen and oxygen atoms in total. The van der Waals surface area contributed by atoms with Crippen molar-refractivity contribution in [1.82, 2.24) is 15.3 Å². The van der Waals surface area contributed by atoms with Gasteiger partial charge in [0.2, 0.25) is 0 Å². The number of nitrogens with one attached hydrogen (secondary N) is 1. The van der Waals surface area contributed by atoms with Crippen LogP contribution in [0.1, 0.15) is 60.6 Å². The van der Waals surface area contributed by atoms with Crippen LogP contribution >= 0.6 is 11.8 Å². The number of aryl methyl sites for hydroxylation is 1. The van der Waals surface area contributed by atoms with Crippen LogP contribution < -0.4 is 10.2 Å². The number of thioether (sulfide) groups is 1. The molecule has 0 radical (unpaired) electrons. The van der Waals surface area contributed by atoms with Crippen LogP contribution in [0.5, 0.6) is 0 Å². The van der Waals surface area contributed by atoms with E-state index in [9.17, 15) is 4.79 Å². The fourth-order valence-electron chi connectivity index (χ4n) is 3.62. The molecule has 28 heavy (non-hydrogen) atoms. The SMILES string of the molecule is Cc1cc(N2CCCC[C@H]2C)nc(SCc2cccc(C(=O)NC3CC3)c2)n1. The van der Waals surface area contributed by atoms with Gasteiger partial charge in [0.1, 0.15) is 5.82 Å². The molecule has 1 aromatic heterocycles. The van der Waals surface area contributed by atoms with Crippen molar-refractivity contribution in [3.8, 4) is 0 Å². The standard InChI is InChI=1S/C22H28N4OS/c1-15-12-20(26-11-4-3-6-16(26)2)25-22(23-15)28-14-17-7-5-8-18(13-17)21(27)24-19-9-10-19/h5,7-8,12-13,16,19H,3-4,6,9-11,14H2,1-2H3,(H,24,27)/t16-/m1/s1. The number of carbonyl (C=O) groups excluding carboxylic acids is 1. The van der Waals surface area contributed by atoms with Gasteiger partial charge >= 0.3 is 0 Å². The second-order valence-electron chi connectivity index (χ2n) is 7.93. The minimum Gasteiger partial charge on any atom is -0.354 e. The van der Waals surface area contributed by atoms with Crippen LogP contribution in [0.3, 0.4) is 0 Å². The molecule has 1 amide bonds. The van der Waals surface area contributed by atoms with Crippen LogP contribution in [0.25, 0.3) is 0 Å². The van der Waals surface area contributed by atoms with E-state index in [0.717, 1.165) is 52.9 Å². The molecule has 1 saturated carbocycles. The van der Waals surface area contributed by atoms with E-state index in [-0.39, 0.29) is 5.91 Å². The molecular formula is C22H28N4OS. The van der Waals surface area contributed by atoms with E-state index in [4.69, 9.17) is 4.98 Å². The van der Waals surface area contributed by atoms with E-state index < -0.39 is 0 Å². The second kappa shape index (κ2) is 8.52. The van der Waals surface area contributed by atoms with Crippen molar-refractivity contribution in [2.45, 2.75) is 68.9 Å². The molecular weight excluding hydrogens is 368 g/mol. The van der Waals surface area contributed by atoms with Crippen molar-refractivity contribution in [2.75, 3.05) is 11.4 Å². The van der Waals surface area contributed by atoms with Crippen LogP contribution in [0.2, 0.25) is 0 Å². The Kier molecular flexibility index (Phi) is 5.85. The maximum Gasteiger partial charge on any atom is 0.251 e. The lowest BCUT2D eigenvalue weighted by Crippen LogP contribution is -2.38. The summed E-state index contributed by atoms with van der Waals surface area (Å²) in [6.45, 7) is 5.38. The number of amides is 1. The van der Waals surface area contributed by atoms with Crippen molar-refractivity contribution in [3.05, 3.63) is 47.2 Å². The Morgan fingerprint density at radius 2 is 2.07 bits per heavy atom. The van der Waals surface area contributed by atoms with Gasteiger partial charge in [-0.25, -0.2) is 9.97 Å². The molecule has 2 aliphatic rings. The predicted molar refractivity (Wildman–Crippen MR) is 114 cm³/mol. The molecule has 1 N–H and O–H groups in total. The van der Waals surface area contributed by atoms with Crippen LogP contribution in [-0.4, -0.2) is 34.5 Å². The molecule has 4 rings (SSSR count). The van der Waals surface area contributed by atoms with Gasteiger partial charge < -0.3 is 10.2 Å².